The van der Waals surface area contributed by atoms with E-state index in [1.54, 1.807) is 6.20 Å². The summed E-state index contributed by atoms with van der Waals surface area (Å²) in [6.07, 6.45) is 5.86. The molecule has 1 aliphatic carbocycles. The number of amides is 1. The molecule has 1 aliphatic rings. The van der Waals surface area contributed by atoms with Gasteiger partial charge in [0.1, 0.15) is 11.3 Å². The molecule has 4 heteroatoms. The number of nitrogens with zero attached hydrogens (tertiary/aromatic N) is 1. The second kappa shape index (κ2) is 6.57. The lowest BCUT2D eigenvalue weighted by atomic mass is 9.85. The Balaban J connectivity index is 1.45. The molecule has 0 aliphatic heterocycles. The summed E-state index contributed by atoms with van der Waals surface area (Å²) in [7, 11) is 0. The predicted octanol–water partition coefficient (Wildman–Crippen LogP) is 2.92. The second-order valence-electron chi connectivity index (χ2n) is 5.45. The predicted molar refractivity (Wildman–Crippen MR) is 82.2 cm³/mol. The van der Waals surface area contributed by atoms with Gasteiger partial charge in [0.2, 0.25) is 5.91 Å². The van der Waals surface area contributed by atoms with Crippen molar-refractivity contribution in [3.05, 3.63) is 36.5 Å². The number of aromatic nitrogens is 1. The Kier molecular flexibility index (Phi) is 4.34. The van der Waals surface area contributed by atoms with Gasteiger partial charge in [-0.1, -0.05) is 24.6 Å². The summed E-state index contributed by atoms with van der Waals surface area (Å²) in [4.78, 5) is 16.0. The third-order valence-electron chi connectivity index (χ3n) is 3.95. The molecule has 2 aromatic rings. The topological polar surface area (TPSA) is 51.2 Å². The van der Waals surface area contributed by atoms with Gasteiger partial charge in [-0.3, -0.25) is 9.78 Å². The van der Waals surface area contributed by atoms with Gasteiger partial charge < -0.3 is 10.1 Å². The smallest absolute Gasteiger partial charge is 0.223 e. The van der Waals surface area contributed by atoms with Gasteiger partial charge in [-0.25, -0.2) is 0 Å². The van der Waals surface area contributed by atoms with E-state index in [4.69, 9.17) is 4.74 Å². The van der Waals surface area contributed by atoms with Gasteiger partial charge in [-0.15, -0.1) is 0 Å². The first-order chi connectivity index (χ1) is 10.3. The zero-order chi connectivity index (χ0) is 14.5. The van der Waals surface area contributed by atoms with E-state index in [-0.39, 0.29) is 11.8 Å². The number of carbonyl (C=O) groups is 1. The molecular formula is C17H20N2O2. The van der Waals surface area contributed by atoms with Crippen molar-refractivity contribution >= 4 is 16.8 Å². The molecule has 0 bridgehead atoms. The first kappa shape index (κ1) is 13.9. The Bertz CT molecular complexity index is 618. The molecule has 1 fully saturated rings. The maximum atomic E-state index is 11.7. The molecule has 0 atom stereocenters. The highest BCUT2D eigenvalue weighted by Gasteiger charge is 2.24. The Morgan fingerprint density at radius 3 is 2.95 bits per heavy atom. The Morgan fingerprint density at radius 1 is 1.29 bits per heavy atom. The summed E-state index contributed by atoms with van der Waals surface area (Å²) in [6.45, 7) is 1.26. The van der Waals surface area contributed by atoms with Crippen LogP contribution in [-0.4, -0.2) is 24.0 Å². The van der Waals surface area contributed by atoms with Gasteiger partial charge in [-0.2, -0.15) is 0 Å². The second-order valence-corrected chi connectivity index (χ2v) is 5.45. The van der Waals surface area contributed by atoms with Gasteiger partial charge in [0.25, 0.3) is 0 Å². The van der Waals surface area contributed by atoms with Gasteiger partial charge in [-0.05, 0) is 31.4 Å². The average molecular weight is 284 g/mol. The molecule has 0 spiro atoms. The molecule has 0 radical (unpaired) electrons. The van der Waals surface area contributed by atoms with Crippen LogP contribution >= 0.6 is 0 Å². The lowest BCUT2D eigenvalue weighted by Crippen LogP contribution is -2.35. The van der Waals surface area contributed by atoms with E-state index >= 15 is 0 Å². The number of hydrogen-bond acceptors (Lipinski definition) is 3. The Morgan fingerprint density at radius 2 is 2.14 bits per heavy atom. The molecule has 0 unspecified atom stereocenters. The van der Waals surface area contributed by atoms with E-state index in [0.717, 1.165) is 35.9 Å². The van der Waals surface area contributed by atoms with Crippen LogP contribution in [0.4, 0.5) is 0 Å². The quantitative estimate of drug-likeness (QED) is 0.830. The van der Waals surface area contributed by atoms with Crippen LogP contribution in [0.2, 0.25) is 0 Å². The molecule has 21 heavy (non-hydrogen) atoms. The summed E-state index contributed by atoms with van der Waals surface area (Å²) in [6, 6.07) is 9.87. The van der Waals surface area contributed by atoms with E-state index in [1.807, 2.05) is 30.3 Å². The van der Waals surface area contributed by atoms with Crippen molar-refractivity contribution in [2.75, 3.05) is 13.2 Å². The number of para-hydroxylation sites is 1. The average Bonchev–Trinajstić information content (AvgIpc) is 2.45. The molecule has 3 rings (SSSR count). The van der Waals surface area contributed by atoms with Gasteiger partial charge in [0, 0.05) is 24.0 Å². The van der Waals surface area contributed by atoms with Crippen LogP contribution in [0.5, 0.6) is 5.75 Å². The molecule has 0 saturated heterocycles. The number of rotatable bonds is 6. The van der Waals surface area contributed by atoms with E-state index in [0.29, 0.717) is 13.2 Å². The SMILES string of the molecule is O=C(NCCCOc1cccc2cccnc12)C1CCC1. The molecule has 4 nitrogen and oxygen atoms in total. The zero-order valence-corrected chi connectivity index (χ0v) is 12.0. The van der Waals surface area contributed by atoms with Crippen LogP contribution in [0.1, 0.15) is 25.7 Å². The van der Waals surface area contributed by atoms with Crippen LogP contribution in [0.3, 0.4) is 0 Å². The van der Waals surface area contributed by atoms with E-state index in [1.165, 1.54) is 6.42 Å². The zero-order valence-electron chi connectivity index (χ0n) is 12.0. The molecule has 1 N–H and O–H groups in total. The number of nitrogens with one attached hydrogen (secondary N) is 1. The molecule has 110 valence electrons. The highest BCUT2D eigenvalue weighted by Crippen LogP contribution is 2.26. The molecule has 1 amide bonds. The third kappa shape index (κ3) is 3.32. The van der Waals surface area contributed by atoms with Gasteiger partial charge in [0.05, 0.1) is 6.61 Å². The maximum Gasteiger partial charge on any atom is 0.223 e. The van der Waals surface area contributed by atoms with Crippen LogP contribution in [0, 0.1) is 5.92 Å². The lowest BCUT2D eigenvalue weighted by Gasteiger charge is -2.23. The summed E-state index contributed by atoms with van der Waals surface area (Å²) in [5, 5.41) is 4.05. The monoisotopic (exact) mass is 284 g/mol. The van der Waals surface area contributed by atoms with Crippen LogP contribution < -0.4 is 10.1 Å². The van der Waals surface area contributed by atoms with Crippen molar-refractivity contribution in [3.63, 3.8) is 0 Å². The fourth-order valence-corrected chi connectivity index (χ4v) is 2.47. The van der Waals surface area contributed by atoms with Crippen molar-refractivity contribution in [1.29, 1.82) is 0 Å². The van der Waals surface area contributed by atoms with Crippen molar-refractivity contribution in [2.45, 2.75) is 25.7 Å². The minimum atomic E-state index is 0.202. The van der Waals surface area contributed by atoms with Gasteiger partial charge >= 0.3 is 0 Å². The summed E-state index contributed by atoms with van der Waals surface area (Å²) in [5.74, 6) is 1.26. The lowest BCUT2D eigenvalue weighted by molar-refractivity contribution is -0.127. The highest BCUT2D eigenvalue weighted by atomic mass is 16.5. The van der Waals surface area contributed by atoms with Crippen LogP contribution in [-0.2, 0) is 4.79 Å². The largest absolute Gasteiger partial charge is 0.491 e. The maximum absolute atomic E-state index is 11.7. The van der Waals surface area contributed by atoms with E-state index < -0.39 is 0 Å². The third-order valence-corrected chi connectivity index (χ3v) is 3.95. The minimum absolute atomic E-state index is 0.202. The Hall–Kier alpha value is -2.10. The van der Waals surface area contributed by atoms with E-state index in [2.05, 4.69) is 10.3 Å². The standard InChI is InChI=1S/C17H20N2O2/c20-17(14-6-1-7-14)19-11-4-12-21-15-9-2-5-13-8-3-10-18-16(13)15/h2-3,5,8-10,14H,1,4,6-7,11-12H2,(H,19,20). The summed E-state index contributed by atoms with van der Waals surface area (Å²) in [5.41, 5.74) is 0.888. The number of benzene rings is 1. The summed E-state index contributed by atoms with van der Waals surface area (Å²) >= 11 is 0. The van der Waals surface area contributed by atoms with Crippen LogP contribution in [0.15, 0.2) is 36.5 Å². The molecule has 1 aromatic heterocycles. The Labute approximate surface area is 124 Å². The first-order valence-electron chi connectivity index (χ1n) is 7.59. The number of ether oxygens (including phenoxy) is 1. The molecule has 1 heterocycles. The van der Waals surface area contributed by atoms with Crippen molar-refractivity contribution in [1.82, 2.24) is 10.3 Å². The number of carbonyl (C=O) groups excluding carboxylic acids is 1. The fraction of sp³-hybridized carbons (Fsp3) is 0.412. The van der Waals surface area contributed by atoms with Crippen molar-refractivity contribution in [3.8, 4) is 5.75 Å². The van der Waals surface area contributed by atoms with Crippen molar-refractivity contribution in [2.24, 2.45) is 5.92 Å². The molecular weight excluding hydrogens is 264 g/mol. The minimum Gasteiger partial charge on any atom is -0.491 e. The fourth-order valence-electron chi connectivity index (χ4n) is 2.47. The molecule has 1 aromatic carbocycles. The summed E-state index contributed by atoms with van der Waals surface area (Å²) < 4.78 is 5.79. The number of pyridine rings is 1. The van der Waals surface area contributed by atoms with E-state index in [9.17, 15) is 4.79 Å². The van der Waals surface area contributed by atoms with Crippen LogP contribution in [0.25, 0.3) is 10.9 Å². The normalized spacial score (nSPS) is 14.7. The molecule has 1 saturated carbocycles. The number of hydrogen-bond donors (Lipinski definition) is 1. The van der Waals surface area contributed by atoms with Crippen molar-refractivity contribution < 1.29 is 9.53 Å². The highest BCUT2D eigenvalue weighted by molar-refractivity contribution is 5.84. The number of fused-ring (bicyclic) bond motifs is 1. The first-order valence-corrected chi connectivity index (χ1v) is 7.59. The van der Waals surface area contributed by atoms with Gasteiger partial charge in [0.15, 0.2) is 0 Å².